The highest BCUT2D eigenvalue weighted by Crippen LogP contribution is 2.31. The molecule has 2 aliphatic heterocycles. The van der Waals surface area contributed by atoms with Crippen molar-refractivity contribution in [3.05, 3.63) is 29.8 Å². The van der Waals surface area contributed by atoms with E-state index in [9.17, 15) is 0 Å². The number of likely N-dealkylation sites (tertiary alicyclic amines) is 1. The summed E-state index contributed by atoms with van der Waals surface area (Å²) >= 11 is 0. The van der Waals surface area contributed by atoms with Gasteiger partial charge in [0.15, 0.2) is 5.96 Å². The Hall–Kier alpha value is -1.83. The lowest BCUT2D eigenvalue weighted by molar-refractivity contribution is 0.139. The zero-order chi connectivity index (χ0) is 21.2. The summed E-state index contributed by atoms with van der Waals surface area (Å²) in [4.78, 5) is 12.1. The number of ether oxygens (including phenoxy) is 1. The first kappa shape index (κ1) is 22.8. The average Bonchev–Trinajstić information content (AvgIpc) is 3.33. The van der Waals surface area contributed by atoms with E-state index in [-0.39, 0.29) is 6.04 Å². The van der Waals surface area contributed by atoms with Gasteiger partial charge in [-0.3, -0.25) is 14.8 Å². The Morgan fingerprint density at radius 3 is 2.40 bits per heavy atom. The second-order valence-electron chi connectivity index (χ2n) is 8.16. The third kappa shape index (κ3) is 6.33. The van der Waals surface area contributed by atoms with Crippen molar-refractivity contribution in [1.29, 1.82) is 0 Å². The van der Waals surface area contributed by atoms with Gasteiger partial charge in [0.25, 0.3) is 0 Å². The van der Waals surface area contributed by atoms with Crippen LogP contribution in [0.2, 0.25) is 0 Å². The van der Waals surface area contributed by atoms with Crippen LogP contribution >= 0.6 is 0 Å². The smallest absolute Gasteiger partial charge is 0.191 e. The van der Waals surface area contributed by atoms with E-state index < -0.39 is 0 Å². The topological polar surface area (TPSA) is 55.4 Å². The number of nitrogens with zero attached hydrogens (tertiary/aromatic N) is 4. The van der Waals surface area contributed by atoms with Gasteiger partial charge in [-0.15, -0.1) is 0 Å². The Labute approximate surface area is 182 Å². The number of rotatable bonds is 9. The minimum Gasteiger partial charge on any atom is -0.496 e. The summed E-state index contributed by atoms with van der Waals surface area (Å²) in [5, 5.41) is 7.07. The van der Waals surface area contributed by atoms with Crippen molar-refractivity contribution >= 4 is 5.96 Å². The van der Waals surface area contributed by atoms with Crippen LogP contribution < -0.4 is 15.4 Å². The summed E-state index contributed by atoms with van der Waals surface area (Å²) in [5.41, 5.74) is 1.25. The van der Waals surface area contributed by atoms with E-state index in [2.05, 4.69) is 55.4 Å². The number of hydrogen-bond acceptors (Lipinski definition) is 5. The predicted octanol–water partition coefficient (Wildman–Crippen LogP) is 1.63. The van der Waals surface area contributed by atoms with Crippen molar-refractivity contribution in [2.24, 2.45) is 4.99 Å². The first-order valence-electron chi connectivity index (χ1n) is 11.5. The molecule has 1 aromatic carbocycles. The van der Waals surface area contributed by atoms with Crippen LogP contribution in [0.5, 0.6) is 5.75 Å². The monoisotopic (exact) mass is 416 g/mol. The third-order valence-corrected chi connectivity index (χ3v) is 6.40. The highest BCUT2D eigenvalue weighted by molar-refractivity contribution is 5.79. The molecule has 2 aliphatic rings. The Morgan fingerprint density at radius 1 is 1.03 bits per heavy atom. The molecule has 0 radical (unpaired) electrons. The number of likely N-dealkylation sites (N-methyl/N-ethyl adjacent to an activating group) is 1. The fraction of sp³-hybridized carbons (Fsp3) is 0.696. The fourth-order valence-electron chi connectivity index (χ4n) is 4.51. The van der Waals surface area contributed by atoms with Crippen molar-refractivity contribution in [3.63, 3.8) is 0 Å². The van der Waals surface area contributed by atoms with Gasteiger partial charge >= 0.3 is 0 Å². The second-order valence-corrected chi connectivity index (χ2v) is 8.16. The molecule has 3 rings (SSSR count). The van der Waals surface area contributed by atoms with E-state index in [1.165, 1.54) is 31.5 Å². The van der Waals surface area contributed by atoms with Gasteiger partial charge in [-0.2, -0.15) is 0 Å². The molecule has 7 nitrogen and oxygen atoms in total. The van der Waals surface area contributed by atoms with Gasteiger partial charge in [-0.1, -0.05) is 25.1 Å². The molecule has 0 amide bonds. The van der Waals surface area contributed by atoms with Gasteiger partial charge in [0, 0.05) is 58.4 Å². The number of nitrogens with one attached hydrogen (secondary N) is 2. The van der Waals surface area contributed by atoms with E-state index in [1.807, 2.05) is 13.1 Å². The predicted molar refractivity (Wildman–Crippen MR) is 124 cm³/mol. The van der Waals surface area contributed by atoms with E-state index in [4.69, 9.17) is 4.74 Å². The molecule has 0 spiro atoms. The largest absolute Gasteiger partial charge is 0.496 e. The van der Waals surface area contributed by atoms with Crippen molar-refractivity contribution in [3.8, 4) is 5.75 Å². The lowest BCUT2D eigenvalue weighted by Crippen LogP contribution is -2.49. The Balaban J connectivity index is 1.51. The molecule has 0 saturated carbocycles. The van der Waals surface area contributed by atoms with Crippen LogP contribution in [0.25, 0.3) is 0 Å². The summed E-state index contributed by atoms with van der Waals surface area (Å²) < 4.78 is 5.66. The maximum absolute atomic E-state index is 5.66. The van der Waals surface area contributed by atoms with Crippen LogP contribution in [0.1, 0.15) is 31.4 Å². The van der Waals surface area contributed by atoms with Crippen LogP contribution in [0.4, 0.5) is 0 Å². The molecule has 2 fully saturated rings. The fourth-order valence-corrected chi connectivity index (χ4v) is 4.51. The molecule has 0 bridgehead atoms. The number of aliphatic imine (C=N–C) groups is 1. The van der Waals surface area contributed by atoms with Crippen LogP contribution in [0, 0.1) is 0 Å². The maximum atomic E-state index is 5.66. The van der Waals surface area contributed by atoms with Gasteiger partial charge in [0.2, 0.25) is 0 Å². The molecule has 1 unspecified atom stereocenters. The quantitative estimate of drug-likeness (QED) is 0.472. The number of methoxy groups -OCH3 is 1. The van der Waals surface area contributed by atoms with E-state index in [0.29, 0.717) is 0 Å². The number of guanidine groups is 1. The number of para-hydroxylation sites is 1. The molecule has 168 valence electrons. The summed E-state index contributed by atoms with van der Waals surface area (Å²) in [6.07, 6.45) is 2.54. The van der Waals surface area contributed by atoms with Crippen LogP contribution in [0.15, 0.2) is 29.3 Å². The SMILES string of the molecule is CCN1CCN(CCNC(=NC)NCC(c2ccccc2OC)N2CCCC2)CC1. The zero-order valence-electron chi connectivity index (χ0n) is 19.1. The summed E-state index contributed by atoms with van der Waals surface area (Å²) in [7, 11) is 3.61. The molecule has 1 aromatic rings. The Bertz CT molecular complexity index is 653. The normalized spacial score (nSPS) is 20.3. The van der Waals surface area contributed by atoms with Crippen molar-refractivity contribution < 1.29 is 4.74 Å². The summed E-state index contributed by atoms with van der Waals surface area (Å²) in [6.45, 7) is 13.1. The van der Waals surface area contributed by atoms with Crippen molar-refractivity contribution in [1.82, 2.24) is 25.3 Å². The first-order valence-corrected chi connectivity index (χ1v) is 11.5. The summed E-state index contributed by atoms with van der Waals surface area (Å²) in [6, 6.07) is 8.67. The zero-order valence-corrected chi connectivity index (χ0v) is 19.1. The minimum atomic E-state index is 0.282. The lowest BCUT2D eigenvalue weighted by Gasteiger charge is -2.34. The first-order chi connectivity index (χ1) is 14.7. The molecule has 2 N–H and O–H groups in total. The van der Waals surface area contributed by atoms with Gasteiger partial charge in [0.05, 0.1) is 13.2 Å². The van der Waals surface area contributed by atoms with E-state index in [1.54, 1.807) is 7.11 Å². The van der Waals surface area contributed by atoms with Crippen molar-refractivity contribution in [2.45, 2.75) is 25.8 Å². The van der Waals surface area contributed by atoms with Gasteiger partial charge in [0.1, 0.15) is 5.75 Å². The highest BCUT2D eigenvalue weighted by atomic mass is 16.5. The Kier molecular flexibility index (Phi) is 9.24. The van der Waals surface area contributed by atoms with Gasteiger partial charge < -0.3 is 20.3 Å². The molecule has 2 saturated heterocycles. The summed E-state index contributed by atoms with van der Waals surface area (Å²) in [5.74, 6) is 1.84. The number of piperazine rings is 1. The van der Waals surface area contributed by atoms with Crippen LogP contribution in [0.3, 0.4) is 0 Å². The van der Waals surface area contributed by atoms with E-state index in [0.717, 1.165) is 64.1 Å². The molecule has 30 heavy (non-hydrogen) atoms. The standard InChI is InChI=1S/C23H40N6O/c1-4-27-15-17-28(18-16-27)14-11-25-23(24-2)26-19-21(29-12-7-8-13-29)20-9-5-6-10-22(20)30-3/h5-6,9-10,21H,4,7-8,11-19H2,1-3H3,(H2,24,25,26). The number of benzene rings is 1. The van der Waals surface area contributed by atoms with Crippen molar-refractivity contribution in [2.75, 3.05) is 79.6 Å². The molecule has 1 atom stereocenters. The van der Waals surface area contributed by atoms with E-state index >= 15 is 0 Å². The number of hydrogen-bond donors (Lipinski definition) is 2. The molecule has 2 heterocycles. The molecular weight excluding hydrogens is 376 g/mol. The maximum Gasteiger partial charge on any atom is 0.191 e. The third-order valence-electron chi connectivity index (χ3n) is 6.40. The van der Waals surface area contributed by atoms with Gasteiger partial charge in [-0.05, 0) is 38.5 Å². The molecule has 0 aliphatic carbocycles. The lowest BCUT2D eigenvalue weighted by atomic mass is 10.0. The van der Waals surface area contributed by atoms with Crippen LogP contribution in [-0.2, 0) is 0 Å². The minimum absolute atomic E-state index is 0.282. The average molecular weight is 417 g/mol. The van der Waals surface area contributed by atoms with Crippen LogP contribution in [-0.4, -0.2) is 100 Å². The molecule has 0 aromatic heterocycles. The molecule has 7 heteroatoms. The molecular formula is C23H40N6O. The second kappa shape index (κ2) is 12.1. The highest BCUT2D eigenvalue weighted by Gasteiger charge is 2.26. The van der Waals surface area contributed by atoms with Gasteiger partial charge in [-0.25, -0.2) is 0 Å². The Morgan fingerprint density at radius 2 is 1.73 bits per heavy atom.